The second-order valence-electron chi connectivity index (χ2n) is 4.72. The number of aliphatic hydroxyl groups excluding tert-OH is 1. The van der Waals surface area contributed by atoms with Gasteiger partial charge in [0.15, 0.2) is 11.6 Å². The molecule has 0 atom stereocenters. The Morgan fingerprint density at radius 3 is 2.44 bits per heavy atom. The Kier molecular flexibility index (Phi) is 4.18. The molecule has 1 rings (SSSR count). The average molecular weight is 260 g/mol. The van der Waals surface area contributed by atoms with Gasteiger partial charge in [-0.3, -0.25) is 10.1 Å². The monoisotopic (exact) mass is 260 g/mol. The van der Waals surface area contributed by atoms with Crippen molar-refractivity contribution in [1.82, 2.24) is 0 Å². The average Bonchev–Trinajstić information content (AvgIpc) is 2.30. The zero-order valence-electron chi connectivity index (χ0n) is 10.0. The Balaban J connectivity index is 3.01. The van der Waals surface area contributed by atoms with Crippen molar-refractivity contribution in [2.24, 2.45) is 5.41 Å². The van der Waals surface area contributed by atoms with Gasteiger partial charge >= 0.3 is 0 Å². The maximum Gasteiger partial charge on any atom is 0.295 e. The molecule has 0 aliphatic rings. The van der Waals surface area contributed by atoms with Crippen LogP contribution in [0.25, 0.3) is 0 Å². The maximum atomic E-state index is 13.0. The molecule has 18 heavy (non-hydrogen) atoms. The number of halogens is 2. The van der Waals surface area contributed by atoms with E-state index in [0.29, 0.717) is 6.07 Å². The number of aliphatic hydroxyl groups is 1. The fourth-order valence-corrected chi connectivity index (χ4v) is 1.22. The van der Waals surface area contributed by atoms with Crippen LogP contribution in [0, 0.1) is 27.2 Å². The number of nitrogens with zero attached hydrogens (tertiary/aromatic N) is 1. The molecule has 7 heteroatoms. The third-order valence-corrected chi connectivity index (χ3v) is 2.42. The Bertz CT molecular complexity index is 464. The van der Waals surface area contributed by atoms with Crippen LogP contribution in [-0.2, 0) is 0 Å². The Labute approximate surface area is 103 Å². The molecule has 0 saturated heterocycles. The summed E-state index contributed by atoms with van der Waals surface area (Å²) in [5, 5.41) is 22.4. The molecule has 0 saturated carbocycles. The highest BCUT2D eigenvalue weighted by Crippen LogP contribution is 2.28. The van der Waals surface area contributed by atoms with E-state index in [1.54, 1.807) is 13.8 Å². The van der Waals surface area contributed by atoms with Crippen LogP contribution >= 0.6 is 0 Å². The summed E-state index contributed by atoms with van der Waals surface area (Å²) < 4.78 is 26.0. The molecule has 0 unspecified atom stereocenters. The molecular formula is C11H14F2N2O3. The molecule has 0 fully saturated rings. The number of anilines is 1. The van der Waals surface area contributed by atoms with Crippen LogP contribution < -0.4 is 5.32 Å². The summed E-state index contributed by atoms with van der Waals surface area (Å²) in [6.07, 6.45) is 0. The number of hydrogen-bond acceptors (Lipinski definition) is 4. The molecule has 0 bridgehead atoms. The molecular weight excluding hydrogens is 246 g/mol. The number of nitro groups is 1. The highest BCUT2D eigenvalue weighted by atomic mass is 19.2. The minimum absolute atomic E-state index is 0.111. The van der Waals surface area contributed by atoms with Gasteiger partial charge < -0.3 is 10.4 Å². The molecule has 2 N–H and O–H groups in total. The van der Waals surface area contributed by atoms with Crippen molar-refractivity contribution in [3.63, 3.8) is 0 Å². The fraction of sp³-hybridized carbons (Fsp3) is 0.455. The molecule has 0 spiro atoms. The van der Waals surface area contributed by atoms with E-state index in [1.807, 2.05) is 0 Å². The number of hydrogen-bond donors (Lipinski definition) is 2. The normalized spacial score (nSPS) is 11.4. The quantitative estimate of drug-likeness (QED) is 0.629. The van der Waals surface area contributed by atoms with Crippen LogP contribution in [0.2, 0.25) is 0 Å². The van der Waals surface area contributed by atoms with E-state index in [-0.39, 0.29) is 18.8 Å². The van der Waals surface area contributed by atoms with Crippen LogP contribution in [0.4, 0.5) is 20.2 Å². The topological polar surface area (TPSA) is 75.4 Å². The van der Waals surface area contributed by atoms with Gasteiger partial charge in [0.25, 0.3) is 5.69 Å². The predicted molar refractivity (Wildman–Crippen MR) is 62.4 cm³/mol. The molecule has 100 valence electrons. The zero-order chi connectivity index (χ0) is 13.9. The van der Waals surface area contributed by atoms with Crippen molar-refractivity contribution < 1.29 is 18.8 Å². The molecule has 1 aromatic carbocycles. The van der Waals surface area contributed by atoms with Crippen molar-refractivity contribution in [2.45, 2.75) is 13.8 Å². The third-order valence-electron chi connectivity index (χ3n) is 2.42. The van der Waals surface area contributed by atoms with Crippen LogP contribution in [0.1, 0.15) is 13.8 Å². The van der Waals surface area contributed by atoms with E-state index in [4.69, 9.17) is 5.11 Å². The van der Waals surface area contributed by atoms with Gasteiger partial charge in [-0.25, -0.2) is 8.78 Å². The molecule has 0 aromatic heterocycles. The number of rotatable bonds is 5. The lowest BCUT2D eigenvalue weighted by Gasteiger charge is -2.22. The molecule has 0 radical (unpaired) electrons. The van der Waals surface area contributed by atoms with Gasteiger partial charge in [0.05, 0.1) is 11.0 Å². The highest BCUT2D eigenvalue weighted by molar-refractivity contribution is 5.61. The van der Waals surface area contributed by atoms with Crippen molar-refractivity contribution in [2.75, 3.05) is 18.5 Å². The SMILES string of the molecule is CC(C)(CO)CNc1cc(F)c(F)cc1[N+](=O)[O-]. The molecule has 1 aromatic rings. The first-order valence-corrected chi connectivity index (χ1v) is 5.25. The van der Waals surface area contributed by atoms with Gasteiger partial charge in [-0.1, -0.05) is 13.8 Å². The Hall–Kier alpha value is -1.76. The largest absolute Gasteiger partial charge is 0.396 e. The fourth-order valence-electron chi connectivity index (χ4n) is 1.22. The third kappa shape index (κ3) is 3.36. The van der Waals surface area contributed by atoms with Crippen LogP contribution in [0.5, 0.6) is 0 Å². The first kappa shape index (κ1) is 14.3. The van der Waals surface area contributed by atoms with E-state index in [2.05, 4.69) is 5.32 Å². The van der Waals surface area contributed by atoms with Crippen molar-refractivity contribution in [3.05, 3.63) is 33.9 Å². The van der Waals surface area contributed by atoms with Crippen molar-refractivity contribution >= 4 is 11.4 Å². The lowest BCUT2D eigenvalue weighted by molar-refractivity contribution is -0.384. The molecule has 5 nitrogen and oxygen atoms in total. The van der Waals surface area contributed by atoms with Crippen molar-refractivity contribution in [3.8, 4) is 0 Å². The smallest absolute Gasteiger partial charge is 0.295 e. The lowest BCUT2D eigenvalue weighted by Crippen LogP contribution is -2.27. The number of nitro benzene ring substituents is 1. The van der Waals surface area contributed by atoms with Gasteiger partial charge in [0.2, 0.25) is 0 Å². The highest BCUT2D eigenvalue weighted by Gasteiger charge is 2.22. The second kappa shape index (κ2) is 5.26. The summed E-state index contributed by atoms with van der Waals surface area (Å²) in [4.78, 5) is 9.91. The van der Waals surface area contributed by atoms with Crippen LogP contribution in [0.3, 0.4) is 0 Å². The second-order valence-corrected chi connectivity index (χ2v) is 4.72. The van der Waals surface area contributed by atoms with Gasteiger partial charge in [-0.2, -0.15) is 0 Å². The summed E-state index contributed by atoms with van der Waals surface area (Å²) in [7, 11) is 0. The van der Waals surface area contributed by atoms with Gasteiger partial charge in [-0.15, -0.1) is 0 Å². The molecule has 0 amide bonds. The van der Waals surface area contributed by atoms with E-state index in [0.717, 1.165) is 6.07 Å². The van der Waals surface area contributed by atoms with Crippen LogP contribution in [-0.4, -0.2) is 23.2 Å². The van der Waals surface area contributed by atoms with Crippen molar-refractivity contribution in [1.29, 1.82) is 0 Å². The number of benzene rings is 1. The van der Waals surface area contributed by atoms with E-state index < -0.39 is 27.7 Å². The summed E-state index contributed by atoms with van der Waals surface area (Å²) in [5.74, 6) is -2.43. The lowest BCUT2D eigenvalue weighted by atomic mass is 9.95. The van der Waals surface area contributed by atoms with Gasteiger partial charge in [0.1, 0.15) is 5.69 Å². The molecule has 0 aliphatic carbocycles. The maximum absolute atomic E-state index is 13.0. The first-order valence-electron chi connectivity index (χ1n) is 5.25. The molecule has 0 heterocycles. The predicted octanol–water partition coefficient (Wildman–Crippen LogP) is 2.30. The minimum Gasteiger partial charge on any atom is -0.396 e. The van der Waals surface area contributed by atoms with Crippen LogP contribution in [0.15, 0.2) is 12.1 Å². The summed E-state index contributed by atoms with van der Waals surface area (Å²) in [6.45, 7) is 3.50. The standard InChI is InChI=1S/C11H14F2N2O3/c1-11(2,6-16)5-14-9-3-7(12)8(13)4-10(9)15(17)18/h3-4,14,16H,5-6H2,1-2H3. The zero-order valence-corrected chi connectivity index (χ0v) is 10.0. The van der Waals surface area contributed by atoms with E-state index >= 15 is 0 Å². The molecule has 0 aliphatic heterocycles. The first-order chi connectivity index (χ1) is 8.26. The Morgan fingerprint density at radius 1 is 1.39 bits per heavy atom. The number of nitrogens with one attached hydrogen (secondary N) is 1. The minimum atomic E-state index is -1.27. The summed E-state index contributed by atoms with van der Waals surface area (Å²) >= 11 is 0. The Morgan fingerprint density at radius 2 is 1.94 bits per heavy atom. The van der Waals surface area contributed by atoms with Gasteiger partial charge in [0, 0.05) is 24.6 Å². The van der Waals surface area contributed by atoms with E-state index in [1.165, 1.54) is 0 Å². The summed E-state index contributed by atoms with van der Waals surface area (Å²) in [5.41, 5.74) is -1.18. The summed E-state index contributed by atoms with van der Waals surface area (Å²) in [6, 6.07) is 1.27. The van der Waals surface area contributed by atoms with Gasteiger partial charge in [-0.05, 0) is 0 Å². The van der Waals surface area contributed by atoms with E-state index in [9.17, 15) is 18.9 Å².